The molecule has 1 rings (SSSR count). The quantitative estimate of drug-likeness (QED) is 0.732. The molecule has 0 aliphatic heterocycles. The van der Waals surface area contributed by atoms with Crippen LogP contribution in [0, 0.1) is 0 Å². The highest BCUT2D eigenvalue weighted by atomic mass is 16.5. The van der Waals surface area contributed by atoms with Gasteiger partial charge in [-0.2, -0.15) is 0 Å². The number of hydrogen-bond acceptors (Lipinski definition) is 4. The number of anilines is 1. The molecule has 1 aromatic rings. The van der Waals surface area contributed by atoms with Crippen molar-refractivity contribution in [2.45, 2.75) is 32.8 Å². The topological polar surface area (TPSA) is 77.2 Å². The van der Waals surface area contributed by atoms with Crippen molar-refractivity contribution in [2.24, 2.45) is 0 Å². The molecule has 0 fully saturated rings. The number of aromatic nitrogens is 1. The van der Waals surface area contributed by atoms with E-state index in [0.717, 1.165) is 12.8 Å². The summed E-state index contributed by atoms with van der Waals surface area (Å²) < 4.78 is 5.44. The molecule has 1 amide bonds. The molecule has 1 atom stereocenters. The van der Waals surface area contributed by atoms with Crippen LogP contribution in [0.15, 0.2) is 18.3 Å². The van der Waals surface area contributed by atoms with Gasteiger partial charge in [-0.15, -0.1) is 0 Å². The van der Waals surface area contributed by atoms with Gasteiger partial charge >= 0.3 is 0 Å². The second kappa shape index (κ2) is 6.73. The number of nitrogen functional groups attached to an aromatic ring is 1. The zero-order chi connectivity index (χ0) is 12.7. The fourth-order valence-electron chi connectivity index (χ4n) is 1.28. The van der Waals surface area contributed by atoms with Crippen molar-refractivity contribution in [3.05, 3.63) is 18.3 Å². The third kappa shape index (κ3) is 4.30. The summed E-state index contributed by atoms with van der Waals surface area (Å²) in [6, 6.07) is 3.41. The van der Waals surface area contributed by atoms with Crippen molar-refractivity contribution in [3.63, 3.8) is 0 Å². The molecule has 1 heterocycles. The lowest BCUT2D eigenvalue weighted by atomic mass is 10.3. The number of nitrogens with one attached hydrogen (secondary N) is 1. The van der Waals surface area contributed by atoms with E-state index in [1.54, 1.807) is 25.3 Å². The van der Waals surface area contributed by atoms with Crippen LogP contribution in [-0.4, -0.2) is 23.5 Å². The predicted octanol–water partition coefficient (Wildman–Crippen LogP) is 1.35. The highest BCUT2D eigenvalue weighted by Gasteiger charge is 2.15. The molecule has 17 heavy (non-hydrogen) atoms. The summed E-state index contributed by atoms with van der Waals surface area (Å²) >= 11 is 0. The van der Waals surface area contributed by atoms with E-state index < -0.39 is 6.10 Å². The maximum atomic E-state index is 11.6. The number of nitrogens with two attached hydrogens (primary N) is 1. The second-order valence-electron chi connectivity index (χ2n) is 3.79. The first-order valence-corrected chi connectivity index (χ1v) is 5.80. The molecule has 0 saturated carbocycles. The van der Waals surface area contributed by atoms with E-state index in [-0.39, 0.29) is 5.91 Å². The molecule has 5 nitrogen and oxygen atoms in total. The Hall–Kier alpha value is -1.78. The maximum Gasteiger partial charge on any atom is 0.260 e. The van der Waals surface area contributed by atoms with Crippen LogP contribution in [0.4, 0.5) is 5.82 Å². The highest BCUT2D eigenvalue weighted by Crippen LogP contribution is 2.18. The number of rotatable bonds is 6. The van der Waals surface area contributed by atoms with Gasteiger partial charge in [0.1, 0.15) is 0 Å². The fraction of sp³-hybridized carbons (Fsp3) is 0.500. The Bertz CT molecular complexity index is 369. The van der Waals surface area contributed by atoms with Gasteiger partial charge in [-0.05, 0) is 25.5 Å². The van der Waals surface area contributed by atoms with Crippen molar-refractivity contribution in [2.75, 3.05) is 12.3 Å². The largest absolute Gasteiger partial charge is 0.477 e. The van der Waals surface area contributed by atoms with Crippen molar-refractivity contribution in [1.82, 2.24) is 10.3 Å². The molecule has 0 aliphatic carbocycles. The molecule has 5 heteroatoms. The van der Waals surface area contributed by atoms with Crippen LogP contribution in [0.3, 0.4) is 0 Å². The number of unbranched alkanes of at least 4 members (excludes halogenated alkanes) is 1. The van der Waals surface area contributed by atoms with Gasteiger partial charge in [-0.3, -0.25) is 4.79 Å². The van der Waals surface area contributed by atoms with E-state index in [1.165, 1.54) is 0 Å². The second-order valence-corrected chi connectivity index (χ2v) is 3.79. The molecule has 0 spiro atoms. The molecule has 1 unspecified atom stereocenters. The van der Waals surface area contributed by atoms with Gasteiger partial charge in [-0.1, -0.05) is 13.3 Å². The Labute approximate surface area is 101 Å². The first kappa shape index (κ1) is 13.3. The summed E-state index contributed by atoms with van der Waals surface area (Å²) in [6.45, 7) is 4.43. The molecule has 0 aromatic carbocycles. The first-order chi connectivity index (χ1) is 8.15. The Morgan fingerprint density at radius 2 is 2.41 bits per heavy atom. The highest BCUT2D eigenvalue weighted by molar-refractivity contribution is 5.80. The molecular weight excluding hydrogens is 218 g/mol. The van der Waals surface area contributed by atoms with Crippen LogP contribution in [-0.2, 0) is 4.79 Å². The van der Waals surface area contributed by atoms with E-state index in [2.05, 4.69) is 17.2 Å². The van der Waals surface area contributed by atoms with Crippen LogP contribution < -0.4 is 15.8 Å². The van der Waals surface area contributed by atoms with Crippen LogP contribution in [0.2, 0.25) is 0 Å². The van der Waals surface area contributed by atoms with Gasteiger partial charge in [0.15, 0.2) is 17.7 Å². The Morgan fingerprint density at radius 3 is 3.06 bits per heavy atom. The standard InChI is InChI=1S/C12H19N3O2/c1-3-4-7-15-12(16)9(2)17-10-6-5-8-14-11(10)13/h5-6,8-9H,3-4,7H2,1-2H3,(H2,13,14)(H,15,16). The average Bonchev–Trinajstić information content (AvgIpc) is 2.32. The number of carbonyl (C=O) groups is 1. The SMILES string of the molecule is CCCCNC(=O)C(C)Oc1cccnc1N. The Kier molecular flexibility index (Phi) is 5.26. The Morgan fingerprint density at radius 1 is 1.65 bits per heavy atom. The number of amides is 1. The number of ether oxygens (including phenoxy) is 1. The van der Waals surface area contributed by atoms with Crippen LogP contribution in [0.1, 0.15) is 26.7 Å². The van der Waals surface area contributed by atoms with E-state index in [0.29, 0.717) is 18.1 Å². The number of carbonyl (C=O) groups excluding carboxylic acids is 1. The lowest BCUT2D eigenvalue weighted by Gasteiger charge is -2.15. The minimum Gasteiger partial charge on any atom is -0.477 e. The molecule has 0 aliphatic rings. The minimum absolute atomic E-state index is 0.137. The van der Waals surface area contributed by atoms with Gasteiger partial charge in [0.25, 0.3) is 5.91 Å². The minimum atomic E-state index is -0.571. The summed E-state index contributed by atoms with van der Waals surface area (Å²) in [5.74, 6) is 0.591. The first-order valence-electron chi connectivity index (χ1n) is 5.80. The van der Waals surface area contributed by atoms with Crippen LogP contribution in [0.25, 0.3) is 0 Å². The molecule has 3 N–H and O–H groups in total. The predicted molar refractivity (Wildman–Crippen MR) is 66.7 cm³/mol. The zero-order valence-corrected chi connectivity index (χ0v) is 10.3. The molecule has 0 saturated heterocycles. The van der Waals surface area contributed by atoms with Crippen LogP contribution in [0.5, 0.6) is 5.75 Å². The molecule has 1 aromatic heterocycles. The number of nitrogens with zero attached hydrogens (tertiary/aromatic N) is 1. The smallest absolute Gasteiger partial charge is 0.260 e. The van der Waals surface area contributed by atoms with Crippen molar-refractivity contribution < 1.29 is 9.53 Å². The number of hydrogen-bond donors (Lipinski definition) is 2. The lowest BCUT2D eigenvalue weighted by Crippen LogP contribution is -2.36. The summed E-state index contributed by atoms with van der Waals surface area (Å²) in [4.78, 5) is 15.5. The zero-order valence-electron chi connectivity index (χ0n) is 10.3. The van der Waals surface area contributed by atoms with Gasteiger partial charge in [-0.25, -0.2) is 4.98 Å². The summed E-state index contributed by atoms with van der Waals surface area (Å²) in [6.07, 6.45) is 3.02. The van der Waals surface area contributed by atoms with Crippen molar-refractivity contribution >= 4 is 11.7 Å². The van der Waals surface area contributed by atoms with Gasteiger partial charge in [0, 0.05) is 12.7 Å². The van der Waals surface area contributed by atoms with Crippen molar-refractivity contribution in [1.29, 1.82) is 0 Å². The lowest BCUT2D eigenvalue weighted by molar-refractivity contribution is -0.127. The molecule has 0 radical (unpaired) electrons. The van der Waals surface area contributed by atoms with E-state index in [4.69, 9.17) is 10.5 Å². The van der Waals surface area contributed by atoms with Gasteiger partial charge in [0.2, 0.25) is 0 Å². The monoisotopic (exact) mass is 237 g/mol. The van der Waals surface area contributed by atoms with E-state index >= 15 is 0 Å². The third-order valence-electron chi connectivity index (χ3n) is 2.30. The van der Waals surface area contributed by atoms with E-state index in [9.17, 15) is 4.79 Å². The fourth-order valence-corrected chi connectivity index (χ4v) is 1.28. The van der Waals surface area contributed by atoms with Gasteiger partial charge in [0.05, 0.1) is 0 Å². The third-order valence-corrected chi connectivity index (χ3v) is 2.30. The Balaban J connectivity index is 2.46. The molecule has 94 valence electrons. The summed E-state index contributed by atoms with van der Waals surface area (Å²) in [5, 5.41) is 2.80. The van der Waals surface area contributed by atoms with Crippen molar-refractivity contribution in [3.8, 4) is 5.75 Å². The molecular formula is C12H19N3O2. The number of pyridine rings is 1. The summed E-state index contributed by atoms with van der Waals surface area (Å²) in [5.41, 5.74) is 5.62. The average molecular weight is 237 g/mol. The molecule has 0 bridgehead atoms. The summed E-state index contributed by atoms with van der Waals surface area (Å²) in [7, 11) is 0. The maximum absolute atomic E-state index is 11.6. The van der Waals surface area contributed by atoms with Crippen LogP contribution >= 0.6 is 0 Å². The van der Waals surface area contributed by atoms with Gasteiger partial charge < -0.3 is 15.8 Å². The van der Waals surface area contributed by atoms with E-state index in [1.807, 2.05) is 0 Å². The normalized spacial score (nSPS) is 11.9.